The van der Waals surface area contributed by atoms with E-state index in [1.807, 2.05) is 49.4 Å². The number of methoxy groups -OCH3 is 1. The molecule has 4 aromatic rings. The van der Waals surface area contributed by atoms with Crippen LogP contribution in [-0.2, 0) is 13.0 Å². The number of aryl methyl sites for hydroxylation is 1. The Morgan fingerprint density at radius 2 is 1.75 bits per heavy atom. The number of nitriles is 1. The SMILES string of the molecule is CCc1cc(-c2nnn(Cc3ccccc3C#N)c2-c2ccc(OC)cc2)c(O)cc1O. The number of aromatic hydroxyl groups is 2. The summed E-state index contributed by atoms with van der Waals surface area (Å²) in [6.45, 7) is 2.26. The highest BCUT2D eigenvalue weighted by molar-refractivity contribution is 5.82. The van der Waals surface area contributed by atoms with Gasteiger partial charge >= 0.3 is 0 Å². The standard InChI is InChI=1S/C25H22N4O3/c1-3-16-12-21(23(31)13-22(16)30)24-25(17-8-10-20(32-2)11-9-17)29(28-27-24)15-19-7-5-4-6-18(19)14-26/h4-13,30-31H,3,15H2,1-2H3. The zero-order chi connectivity index (χ0) is 22.7. The van der Waals surface area contributed by atoms with Gasteiger partial charge in [-0.15, -0.1) is 5.10 Å². The average Bonchev–Trinajstić information content (AvgIpc) is 3.22. The molecule has 0 bridgehead atoms. The van der Waals surface area contributed by atoms with Gasteiger partial charge in [-0.3, -0.25) is 0 Å². The summed E-state index contributed by atoms with van der Waals surface area (Å²) in [6.07, 6.45) is 0.598. The maximum absolute atomic E-state index is 10.6. The van der Waals surface area contributed by atoms with Crippen molar-refractivity contribution in [1.82, 2.24) is 15.0 Å². The molecule has 0 amide bonds. The number of hydrogen-bond acceptors (Lipinski definition) is 6. The van der Waals surface area contributed by atoms with Crippen LogP contribution in [0, 0.1) is 11.3 Å². The molecule has 0 aliphatic rings. The van der Waals surface area contributed by atoms with Gasteiger partial charge in [-0.05, 0) is 53.9 Å². The summed E-state index contributed by atoms with van der Waals surface area (Å²) in [5.41, 5.74) is 4.54. The largest absolute Gasteiger partial charge is 0.508 e. The van der Waals surface area contributed by atoms with Crippen LogP contribution in [-0.4, -0.2) is 32.3 Å². The summed E-state index contributed by atoms with van der Waals surface area (Å²) >= 11 is 0. The van der Waals surface area contributed by atoms with Crippen LogP contribution in [0.1, 0.15) is 23.6 Å². The van der Waals surface area contributed by atoms with Crippen LogP contribution < -0.4 is 4.74 Å². The van der Waals surface area contributed by atoms with Crippen molar-refractivity contribution in [2.75, 3.05) is 7.11 Å². The summed E-state index contributed by atoms with van der Waals surface area (Å²) in [6, 6.07) is 20.1. The normalized spacial score (nSPS) is 10.7. The van der Waals surface area contributed by atoms with Gasteiger partial charge in [0.25, 0.3) is 0 Å². The molecule has 4 rings (SSSR count). The van der Waals surface area contributed by atoms with E-state index in [2.05, 4.69) is 16.4 Å². The maximum Gasteiger partial charge on any atom is 0.128 e. The maximum atomic E-state index is 10.6. The molecular weight excluding hydrogens is 404 g/mol. The third-order valence-corrected chi connectivity index (χ3v) is 5.39. The van der Waals surface area contributed by atoms with E-state index >= 15 is 0 Å². The van der Waals surface area contributed by atoms with Gasteiger partial charge in [0.05, 0.1) is 31.0 Å². The number of ether oxygens (including phenoxy) is 1. The van der Waals surface area contributed by atoms with E-state index in [1.54, 1.807) is 23.9 Å². The van der Waals surface area contributed by atoms with Crippen molar-refractivity contribution in [3.05, 3.63) is 77.4 Å². The molecule has 3 aromatic carbocycles. The van der Waals surface area contributed by atoms with Crippen molar-refractivity contribution in [2.45, 2.75) is 19.9 Å². The minimum Gasteiger partial charge on any atom is -0.508 e. The number of benzene rings is 3. The monoisotopic (exact) mass is 426 g/mol. The van der Waals surface area contributed by atoms with Crippen LogP contribution in [0.5, 0.6) is 17.2 Å². The number of nitrogens with zero attached hydrogens (tertiary/aromatic N) is 4. The van der Waals surface area contributed by atoms with Crippen molar-refractivity contribution in [2.24, 2.45) is 0 Å². The molecule has 7 nitrogen and oxygen atoms in total. The Morgan fingerprint density at radius 3 is 2.44 bits per heavy atom. The molecule has 0 unspecified atom stereocenters. The lowest BCUT2D eigenvalue weighted by molar-refractivity contribution is 0.415. The van der Waals surface area contributed by atoms with Crippen LogP contribution in [0.25, 0.3) is 22.5 Å². The third-order valence-electron chi connectivity index (χ3n) is 5.39. The van der Waals surface area contributed by atoms with E-state index in [0.29, 0.717) is 46.8 Å². The number of aromatic nitrogens is 3. The number of hydrogen-bond donors (Lipinski definition) is 2. The van der Waals surface area contributed by atoms with Gasteiger partial charge in [-0.25, -0.2) is 4.68 Å². The summed E-state index contributed by atoms with van der Waals surface area (Å²) in [7, 11) is 1.60. The van der Waals surface area contributed by atoms with Gasteiger partial charge < -0.3 is 14.9 Å². The first-order valence-electron chi connectivity index (χ1n) is 10.2. The minimum atomic E-state index is -0.0843. The second-order valence-corrected chi connectivity index (χ2v) is 7.29. The Labute approximate surface area is 185 Å². The Bertz CT molecular complexity index is 1300. The van der Waals surface area contributed by atoms with Gasteiger partial charge in [0.15, 0.2) is 0 Å². The van der Waals surface area contributed by atoms with E-state index in [-0.39, 0.29) is 11.5 Å². The first-order valence-corrected chi connectivity index (χ1v) is 10.2. The molecule has 0 fully saturated rings. The van der Waals surface area contributed by atoms with Gasteiger partial charge in [0.2, 0.25) is 0 Å². The average molecular weight is 426 g/mol. The van der Waals surface area contributed by atoms with E-state index in [4.69, 9.17) is 4.74 Å². The predicted octanol–water partition coefficient (Wildman–Crippen LogP) is 4.51. The summed E-state index contributed by atoms with van der Waals surface area (Å²) in [5, 5.41) is 38.9. The van der Waals surface area contributed by atoms with Gasteiger partial charge in [-0.1, -0.05) is 30.3 Å². The second-order valence-electron chi connectivity index (χ2n) is 7.29. The van der Waals surface area contributed by atoms with Crippen LogP contribution in [0.4, 0.5) is 0 Å². The Morgan fingerprint density at radius 1 is 1.00 bits per heavy atom. The topological polar surface area (TPSA) is 104 Å². The number of phenolic OH excluding ortho intramolecular Hbond substituents is 2. The number of phenols is 2. The molecule has 160 valence electrons. The molecular formula is C25H22N4O3. The zero-order valence-corrected chi connectivity index (χ0v) is 17.8. The van der Waals surface area contributed by atoms with E-state index in [0.717, 1.165) is 11.1 Å². The molecule has 0 radical (unpaired) electrons. The third kappa shape index (κ3) is 3.86. The molecule has 0 atom stereocenters. The highest BCUT2D eigenvalue weighted by Gasteiger charge is 2.21. The van der Waals surface area contributed by atoms with Crippen molar-refractivity contribution >= 4 is 0 Å². The Hall–Kier alpha value is -4.31. The quantitative estimate of drug-likeness (QED) is 0.470. The van der Waals surface area contributed by atoms with Crippen LogP contribution in [0.3, 0.4) is 0 Å². The summed E-state index contributed by atoms with van der Waals surface area (Å²) in [4.78, 5) is 0. The van der Waals surface area contributed by atoms with Gasteiger partial charge in [-0.2, -0.15) is 5.26 Å². The van der Waals surface area contributed by atoms with Crippen molar-refractivity contribution in [3.8, 4) is 45.8 Å². The van der Waals surface area contributed by atoms with Crippen LogP contribution >= 0.6 is 0 Å². The molecule has 0 aliphatic carbocycles. The fraction of sp³-hybridized carbons (Fsp3) is 0.160. The highest BCUT2D eigenvalue weighted by atomic mass is 16.5. The summed E-state index contributed by atoms with van der Waals surface area (Å²) < 4.78 is 6.99. The fourth-order valence-electron chi connectivity index (χ4n) is 3.66. The molecule has 1 aromatic heterocycles. The lowest BCUT2D eigenvalue weighted by Crippen LogP contribution is -2.06. The van der Waals surface area contributed by atoms with Gasteiger partial charge in [0.1, 0.15) is 22.9 Å². The molecule has 2 N–H and O–H groups in total. The zero-order valence-electron chi connectivity index (χ0n) is 17.8. The first kappa shape index (κ1) is 20.9. The second kappa shape index (κ2) is 8.82. The predicted molar refractivity (Wildman–Crippen MR) is 120 cm³/mol. The molecule has 1 heterocycles. The molecule has 7 heteroatoms. The Kier molecular flexibility index (Phi) is 5.77. The van der Waals surface area contributed by atoms with Crippen LogP contribution in [0.2, 0.25) is 0 Å². The molecule has 0 aliphatic heterocycles. The number of rotatable bonds is 6. The first-order chi connectivity index (χ1) is 15.5. The van der Waals surface area contributed by atoms with Crippen molar-refractivity contribution in [3.63, 3.8) is 0 Å². The lowest BCUT2D eigenvalue weighted by Gasteiger charge is -2.12. The highest BCUT2D eigenvalue weighted by Crippen LogP contribution is 2.39. The Balaban J connectivity index is 1.91. The molecule has 0 saturated carbocycles. The molecule has 0 saturated heterocycles. The summed E-state index contributed by atoms with van der Waals surface area (Å²) in [5.74, 6) is 0.666. The van der Waals surface area contributed by atoms with E-state index in [1.165, 1.54) is 6.07 Å². The van der Waals surface area contributed by atoms with Crippen molar-refractivity contribution in [1.29, 1.82) is 5.26 Å². The van der Waals surface area contributed by atoms with Crippen LogP contribution in [0.15, 0.2) is 60.7 Å². The molecule has 0 spiro atoms. The minimum absolute atomic E-state index is 0.0371. The van der Waals surface area contributed by atoms with Gasteiger partial charge in [0, 0.05) is 17.2 Å². The van der Waals surface area contributed by atoms with E-state index in [9.17, 15) is 15.5 Å². The fourth-order valence-corrected chi connectivity index (χ4v) is 3.66. The smallest absolute Gasteiger partial charge is 0.128 e. The molecule has 32 heavy (non-hydrogen) atoms. The van der Waals surface area contributed by atoms with E-state index < -0.39 is 0 Å². The lowest BCUT2D eigenvalue weighted by atomic mass is 10.00. The van der Waals surface area contributed by atoms with Crippen molar-refractivity contribution < 1.29 is 14.9 Å².